The van der Waals surface area contributed by atoms with Gasteiger partial charge < -0.3 is 5.11 Å². The van der Waals surface area contributed by atoms with Gasteiger partial charge in [-0.2, -0.15) is 0 Å². The molecule has 1 aliphatic rings. The second-order valence-electron chi connectivity index (χ2n) is 3.69. The maximum absolute atomic E-state index is 11.8. The first-order valence-corrected chi connectivity index (χ1v) is 4.87. The third-order valence-corrected chi connectivity index (χ3v) is 2.80. The molecule has 0 saturated heterocycles. The predicted molar refractivity (Wildman–Crippen MR) is 58.3 cm³/mol. The van der Waals surface area contributed by atoms with Crippen molar-refractivity contribution in [2.24, 2.45) is 0 Å². The van der Waals surface area contributed by atoms with Crippen LogP contribution in [0.1, 0.15) is 13.8 Å². The first kappa shape index (κ1) is 9.93. The van der Waals surface area contributed by atoms with Gasteiger partial charge in [0.2, 0.25) is 0 Å². The van der Waals surface area contributed by atoms with Crippen LogP contribution in [0.15, 0.2) is 41.5 Å². The van der Waals surface area contributed by atoms with Crippen LogP contribution >= 0.6 is 0 Å². The van der Waals surface area contributed by atoms with E-state index >= 15 is 0 Å². The first-order valence-electron chi connectivity index (χ1n) is 4.87. The highest BCUT2D eigenvalue weighted by Crippen LogP contribution is 2.28. The molecule has 1 atom stereocenters. The summed E-state index contributed by atoms with van der Waals surface area (Å²) in [6, 6.07) is 9.19. The molecule has 1 heterocycles. The third kappa shape index (κ3) is 1.45. The van der Waals surface area contributed by atoms with Gasteiger partial charge in [-0.15, -0.1) is 0 Å². The number of aliphatic hydroxyl groups excluding tert-OH is 1. The van der Waals surface area contributed by atoms with Crippen molar-refractivity contribution in [3.8, 4) is 0 Å². The van der Waals surface area contributed by atoms with Crippen LogP contribution in [-0.4, -0.2) is 17.2 Å². The van der Waals surface area contributed by atoms with Crippen LogP contribution in [0.25, 0.3) is 0 Å². The van der Waals surface area contributed by atoms with Gasteiger partial charge in [0.1, 0.15) is 0 Å². The largest absolute Gasteiger partial charge is 0.369 e. The zero-order valence-electron chi connectivity index (χ0n) is 8.77. The maximum Gasteiger partial charge on any atom is 0.256 e. The Morgan fingerprint density at radius 2 is 1.80 bits per heavy atom. The second kappa shape index (κ2) is 3.51. The third-order valence-electron chi connectivity index (χ3n) is 2.80. The van der Waals surface area contributed by atoms with Crippen molar-refractivity contribution in [2.45, 2.75) is 20.1 Å². The molecule has 1 unspecified atom stereocenters. The van der Waals surface area contributed by atoms with Gasteiger partial charge in [0.05, 0.1) is 0 Å². The number of hydrogen-bond acceptors (Lipinski definition) is 2. The van der Waals surface area contributed by atoms with Gasteiger partial charge >= 0.3 is 0 Å². The number of benzene rings is 1. The van der Waals surface area contributed by atoms with Gasteiger partial charge in [0.15, 0.2) is 6.23 Å². The Kier molecular flexibility index (Phi) is 2.32. The highest BCUT2D eigenvalue weighted by atomic mass is 16.3. The molecule has 0 spiro atoms. The zero-order chi connectivity index (χ0) is 11.0. The van der Waals surface area contributed by atoms with E-state index in [0.29, 0.717) is 5.57 Å². The number of amides is 1. The van der Waals surface area contributed by atoms with Gasteiger partial charge in [-0.3, -0.25) is 9.69 Å². The van der Waals surface area contributed by atoms with E-state index in [0.717, 1.165) is 11.3 Å². The van der Waals surface area contributed by atoms with Crippen molar-refractivity contribution in [1.82, 2.24) is 0 Å². The lowest BCUT2D eigenvalue weighted by Crippen LogP contribution is -2.35. The van der Waals surface area contributed by atoms with Crippen LogP contribution in [0.3, 0.4) is 0 Å². The standard InChI is InChI=1S/C12H13NO2/c1-8-9(2)12(15)13(11(8)14)10-6-4-3-5-7-10/h3-7,11,14H,1-2H3. The summed E-state index contributed by atoms with van der Waals surface area (Å²) in [7, 11) is 0. The summed E-state index contributed by atoms with van der Waals surface area (Å²) < 4.78 is 0. The van der Waals surface area contributed by atoms with Gasteiger partial charge in [0.25, 0.3) is 5.91 Å². The van der Waals surface area contributed by atoms with E-state index in [1.54, 1.807) is 13.8 Å². The lowest BCUT2D eigenvalue weighted by atomic mass is 10.2. The molecule has 1 N–H and O–H groups in total. The molecule has 0 aliphatic carbocycles. The summed E-state index contributed by atoms with van der Waals surface area (Å²) in [5, 5.41) is 9.90. The average Bonchev–Trinajstić information content (AvgIpc) is 2.45. The van der Waals surface area contributed by atoms with Crippen molar-refractivity contribution >= 4 is 11.6 Å². The van der Waals surface area contributed by atoms with Crippen LogP contribution in [-0.2, 0) is 4.79 Å². The molecule has 1 aromatic rings. The Labute approximate surface area is 88.6 Å². The molecule has 1 aliphatic heterocycles. The maximum atomic E-state index is 11.8. The topological polar surface area (TPSA) is 40.5 Å². The monoisotopic (exact) mass is 203 g/mol. The quantitative estimate of drug-likeness (QED) is 0.754. The summed E-state index contributed by atoms with van der Waals surface area (Å²) in [5.41, 5.74) is 2.08. The Morgan fingerprint density at radius 1 is 1.20 bits per heavy atom. The average molecular weight is 203 g/mol. The highest BCUT2D eigenvalue weighted by molar-refractivity contribution is 6.09. The molecule has 0 bridgehead atoms. The van der Waals surface area contributed by atoms with Crippen LogP contribution < -0.4 is 4.90 Å². The predicted octanol–water partition coefficient (Wildman–Crippen LogP) is 1.69. The number of carbonyl (C=O) groups excluding carboxylic acids is 1. The molecular weight excluding hydrogens is 190 g/mol. The number of carbonyl (C=O) groups is 1. The molecule has 1 aromatic carbocycles. The number of aliphatic hydroxyl groups is 1. The summed E-state index contributed by atoms with van der Waals surface area (Å²) in [6.45, 7) is 3.52. The molecule has 78 valence electrons. The van der Waals surface area contributed by atoms with E-state index in [-0.39, 0.29) is 5.91 Å². The number of rotatable bonds is 1. The summed E-state index contributed by atoms with van der Waals surface area (Å²) >= 11 is 0. The van der Waals surface area contributed by atoms with Crippen LogP contribution in [0.2, 0.25) is 0 Å². The van der Waals surface area contributed by atoms with Crippen molar-refractivity contribution in [3.63, 3.8) is 0 Å². The van der Waals surface area contributed by atoms with Crippen LogP contribution in [0, 0.1) is 0 Å². The zero-order valence-corrected chi connectivity index (χ0v) is 8.77. The molecule has 0 radical (unpaired) electrons. The molecule has 0 fully saturated rings. The van der Waals surface area contributed by atoms with E-state index in [1.165, 1.54) is 4.90 Å². The Balaban J connectivity index is 2.39. The van der Waals surface area contributed by atoms with Crippen molar-refractivity contribution in [1.29, 1.82) is 0 Å². The van der Waals surface area contributed by atoms with Crippen molar-refractivity contribution in [2.75, 3.05) is 4.90 Å². The Bertz CT molecular complexity index is 423. The molecule has 0 saturated carbocycles. The number of anilines is 1. The fraction of sp³-hybridized carbons (Fsp3) is 0.250. The van der Waals surface area contributed by atoms with Crippen molar-refractivity contribution in [3.05, 3.63) is 41.5 Å². The normalized spacial score (nSPS) is 21.4. The van der Waals surface area contributed by atoms with Gasteiger partial charge in [-0.25, -0.2) is 0 Å². The van der Waals surface area contributed by atoms with E-state index < -0.39 is 6.23 Å². The van der Waals surface area contributed by atoms with E-state index in [9.17, 15) is 9.90 Å². The molecule has 3 heteroatoms. The SMILES string of the molecule is CC1=C(C)C(O)N(c2ccccc2)C1=O. The van der Waals surface area contributed by atoms with Gasteiger partial charge in [-0.05, 0) is 31.6 Å². The lowest BCUT2D eigenvalue weighted by Gasteiger charge is -2.21. The molecular formula is C12H13NO2. The number of hydrogen-bond donors (Lipinski definition) is 1. The smallest absolute Gasteiger partial charge is 0.256 e. The second-order valence-corrected chi connectivity index (χ2v) is 3.69. The van der Waals surface area contributed by atoms with E-state index in [1.807, 2.05) is 30.3 Å². The minimum atomic E-state index is -0.820. The Hall–Kier alpha value is -1.61. The van der Waals surface area contributed by atoms with Crippen LogP contribution in [0.5, 0.6) is 0 Å². The fourth-order valence-corrected chi connectivity index (χ4v) is 1.69. The number of nitrogens with zero attached hydrogens (tertiary/aromatic N) is 1. The van der Waals surface area contributed by atoms with E-state index in [4.69, 9.17) is 0 Å². The first-order chi connectivity index (χ1) is 7.13. The fourth-order valence-electron chi connectivity index (χ4n) is 1.69. The molecule has 3 nitrogen and oxygen atoms in total. The molecule has 0 aromatic heterocycles. The van der Waals surface area contributed by atoms with E-state index in [2.05, 4.69) is 0 Å². The molecule has 15 heavy (non-hydrogen) atoms. The summed E-state index contributed by atoms with van der Waals surface area (Å²) in [5.74, 6) is -0.119. The number of para-hydroxylation sites is 1. The van der Waals surface area contributed by atoms with Crippen molar-refractivity contribution < 1.29 is 9.90 Å². The van der Waals surface area contributed by atoms with Crippen LogP contribution in [0.4, 0.5) is 5.69 Å². The highest BCUT2D eigenvalue weighted by Gasteiger charge is 2.34. The Morgan fingerprint density at radius 3 is 2.27 bits per heavy atom. The molecule has 2 rings (SSSR count). The summed E-state index contributed by atoms with van der Waals surface area (Å²) in [6.07, 6.45) is -0.820. The lowest BCUT2D eigenvalue weighted by molar-refractivity contribution is -0.115. The summed E-state index contributed by atoms with van der Waals surface area (Å²) in [4.78, 5) is 13.2. The minimum Gasteiger partial charge on any atom is -0.369 e. The van der Waals surface area contributed by atoms with Gasteiger partial charge in [-0.1, -0.05) is 18.2 Å². The molecule has 1 amide bonds. The minimum absolute atomic E-state index is 0.119. The van der Waals surface area contributed by atoms with Gasteiger partial charge in [0, 0.05) is 11.3 Å².